The molecule has 0 fully saturated rings. The number of amides is 2. The maximum atomic E-state index is 11.8. The lowest BCUT2D eigenvalue weighted by molar-refractivity contribution is 0.251. The number of sulfonamides is 1. The maximum Gasteiger partial charge on any atom is 0.319 e. The topological polar surface area (TPSA) is 123 Å². The van der Waals surface area contributed by atoms with Crippen LogP contribution in [0.5, 0.6) is 5.88 Å². The van der Waals surface area contributed by atoms with Crippen LogP contribution in [0.3, 0.4) is 0 Å². The number of ether oxygens (including phenoxy) is 1. The summed E-state index contributed by atoms with van der Waals surface area (Å²) in [5.41, 5.74) is 1.11. The summed E-state index contributed by atoms with van der Waals surface area (Å²) in [5, 5.41) is 10.3. The first-order valence-corrected chi connectivity index (χ1v) is 8.10. The van der Waals surface area contributed by atoms with Crippen LogP contribution < -0.4 is 20.5 Å². The highest BCUT2D eigenvalue weighted by atomic mass is 32.2. The highest BCUT2D eigenvalue weighted by Crippen LogP contribution is 2.11. The molecule has 4 N–H and O–H groups in total. The monoisotopic (exact) mass is 336 g/mol. The summed E-state index contributed by atoms with van der Waals surface area (Å²) in [5.74, 6) is 0.441. The Labute approximate surface area is 133 Å². The number of nitrogens with zero attached hydrogens (tertiary/aromatic N) is 1. The number of anilines is 1. The standard InChI is InChI=1S/C14H16N4O4S/c1-22-13-6-5-11(9-16-13)18-14(19)17-8-10-3-2-4-12(7-10)23(15,20)21/h2-7,9H,8H2,1H3,(H2,15,20,21)(H2,17,18,19). The molecule has 2 rings (SSSR count). The van der Waals surface area contributed by atoms with Gasteiger partial charge < -0.3 is 15.4 Å². The number of nitrogens with one attached hydrogen (secondary N) is 2. The molecule has 23 heavy (non-hydrogen) atoms. The fourth-order valence-corrected chi connectivity index (χ4v) is 2.35. The third kappa shape index (κ3) is 4.94. The van der Waals surface area contributed by atoms with Gasteiger partial charge in [0.15, 0.2) is 0 Å². The van der Waals surface area contributed by atoms with E-state index in [-0.39, 0.29) is 11.4 Å². The van der Waals surface area contributed by atoms with Gasteiger partial charge in [-0.25, -0.2) is 23.3 Å². The molecule has 0 bridgehead atoms. The summed E-state index contributed by atoms with van der Waals surface area (Å²) in [4.78, 5) is 15.8. The number of rotatable bonds is 5. The molecule has 0 saturated heterocycles. The van der Waals surface area contributed by atoms with E-state index in [9.17, 15) is 13.2 Å². The van der Waals surface area contributed by atoms with Crippen LogP contribution in [0.25, 0.3) is 0 Å². The zero-order chi connectivity index (χ0) is 16.9. The Bertz CT molecular complexity index is 791. The van der Waals surface area contributed by atoms with E-state index in [0.29, 0.717) is 17.1 Å². The molecule has 0 saturated carbocycles. The molecule has 0 spiro atoms. The molecule has 0 aliphatic carbocycles. The summed E-state index contributed by atoms with van der Waals surface area (Å²) < 4.78 is 27.5. The van der Waals surface area contributed by atoms with Crippen LogP contribution in [-0.4, -0.2) is 26.5 Å². The number of hydrogen-bond donors (Lipinski definition) is 3. The predicted molar refractivity (Wildman–Crippen MR) is 84.5 cm³/mol. The Morgan fingerprint density at radius 1 is 1.30 bits per heavy atom. The molecule has 1 aromatic carbocycles. The van der Waals surface area contributed by atoms with Gasteiger partial charge in [0.1, 0.15) is 0 Å². The van der Waals surface area contributed by atoms with E-state index in [2.05, 4.69) is 15.6 Å². The van der Waals surface area contributed by atoms with Gasteiger partial charge in [-0.1, -0.05) is 12.1 Å². The van der Waals surface area contributed by atoms with Crippen LogP contribution >= 0.6 is 0 Å². The van der Waals surface area contributed by atoms with Crippen molar-refractivity contribution in [3.63, 3.8) is 0 Å². The van der Waals surface area contributed by atoms with Crippen LogP contribution in [-0.2, 0) is 16.6 Å². The van der Waals surface area contributed by atoms with Crippen molar-refractivity contribution in [1.82, 2.24) is 10.3 Å². The van der Waals surface area contributed by atoms with Crippen molar-refractivity contribution in [2.45, 2.75) is 11.4 Å². The molecule has 2 amide bonds. The average Bonchev–Trinajstić information content (AvgIpc) is 2.53. The summed E-state index contributed by atoms with van der Waals surface area (Å²) in [6.07, 6.45) is 1.46. The molecule has 8 nitrogen and oxygen atoms in total. The molecule has 0 aliphatic heterocycles. The molecule has 1 heterocycles. The van der Waals surface area contributed by atoms with E-state index < -0.39 is 16.1 Å². The first kappa shape index (κ1) is 16.7. The smallest absolute Gasteiger partial charge is 0.319 e. The lowest BCUT2D eigenvalue weighted by Gasteiger charge is -2.08. The molecule has 0 aliphatic rings. The Morgan fingerprint density at radius 2 is 2.09 bits per heavy atom. The molecule has 2 aromatic rings. The Hall–Kier alpha value is -2.65. The second kappa shape index (κ2) is 7.07. The van der Waals surface area contributed by atoms with Crippen LogP contribution in [0, 0.1) is 0 Å². The minimum Gasteiger partial charge on any atom is -0.481 e. The molecule has 1 aromatic heterocycles. The minimum absolute atomic E-state index is 0.00318. The number of nitrogens with two attached hydrogens (primary N) is 1. The number of benzene rings is 1. The van der Waals surface area contributed by atoms with Crippen molar-refractivity contribution in [2.75, 3.05) is 12.4 Å². The van der Waals surface area contributed by atoms with Gasteiger partial charge in [-0.2, -0.15) is 0 Å². The third-order valence-corrected chi connectivity index (χ3v) is 3.79. The molecule has 122 valence electrons. The molecule has 0 radical (unpaired) electrons. The quantitative estimate of drug-likeness (QED) is 0.753. The largest absolute Gasteiger partial charge is 0.481 e. The predicted octanol–water partition coefficient (Wildman–Crippen LogP) is 1.06. The van der Waals surface area contributed by atoms with Crippen molar-refractivity contribution >= 4 is 21.7 Å². The lowest BCUT2D eigenvalue weighted by atomic mass is 10.2. The molecular weight excluding hydrogens is 320 g/mol. The van der Waals surface area contributed by atoms with Gasteiger partial charge in [0, 0.05) is 12.6 Å². The van der Waals surface area contributed by atoms with Crippen LogP contribution in [0.2, 0.25) is 0 Å². The number of pyridine rings is 1. The van der Waals surface area contributed by atoms with E-state index in [4.69, 9.17) is 9.88 Å². The number of urea groups is 1. The fourth-order valence-electron chi connectivity index (χ4n) is 1.77. The molecule has 9 heteroatoms. The summed E-state index contributed by atoms with van der Waals surface area (Å²) in [7, 11) is -2.27. The van der Waals surface area contributed by atoms with Gasteiger partial charge >= 0.3 is 6.03 Å². The minimum atomic E-state index is -3.77. The second-order valence-corrected chi connectivity index (χ2v) is 6.15. The Morgan fingerprint density at radius 3 is 2.70 bits per heavy atom. The van der Waals surface area contributed by atoms with E-state index in [1.807, 2.05) is 0 Å². The van der Waals surface area contributed by atoms with Crippen molar-refractivity contribution in [3.8, 4) is 5.88 Å². The highest BCUT2D eigenvalue weighted by Gasteiger charge is 2.08. The van der Waals surface area contributed by atoms with Gasteiger partial charge in [-0.05, 0) is 23.8 Å². The van der Waals surface area contributed by atoms with Gasteiger partial charge in [0.25, 0.3) is 0 Å². The van der Waals surface area contributed by atoms with Crippen LogP contribution in [0.15, 0.2) is 47.5 Å². The average molecular weight is 336 g/mol. The SMILES string of the molecule is COc1ccc(NC(=O)NCc2cccc(S(N)(=O)=O)c2)cn1. The number of aromatic nitrogens is 1. The van der Waals surface area contributed by atoms with E-state index in [1.165, 1.54) is 25.4 Å². The fraction of sp³-hybridized carbons (Fsp3) is 0.143. The Balaban J connectivity index is 1.93. The van der Waals surface area contributed by atoms with Gasteiger partial charge in [0.05, 0.1) is 23.9 Å². The highest BCUT2D eigenvalue weighted by molar-refractivity contribution is 7.89. The van der Waals surface area contributed by atoms with Crippen LogP contribution in [0.4, 0.5) is 10.5 Å². The van der Waals surface area contributed by atoms with Crippen molar-refractivity contribution < 1.29 is 17.9 Å². The number of carbonyl (C=O) groups is 1. The summed E-state index contributed by atoms with van der Waals surface area (Å²) >= 11 is 0. The van der Waals surface area contributed by atoms with Crippen molar-refractivity contribution in [1.29, 1.82) is 0 Å². The first-order valence-electron chi connectivity index (χ1n) is 6.55. The molecular formula is C14H16N4O4S. The third-order valence-electron chi connectivity index (χ3n) is 2.88. The number of carbonyl (C=O) groups excluding carboxylic acids is 1. The first-order chi connectivity index (χ1) is 10.9. The normalized spacial score (nSPS) is 10.9. The zero-order valence-electron chi connectivity index (χ0n) is 12.3. The van der Waals surface area contributed by atoms with Gasteiger partial charge in [-0.15, -0.1) is 0 Å². The maximum absolute atomic E-state index is 11.8. The lowest BCUT2D eigenvalue weighted by Crippen LogP contribution is -2.28. The van der Waals surface area contributed by atoms with E-state index in [1.54, 1.807) is 24.3 Å². The van der Waals surface area contributed by atoms with Crippen LogP contribution in [0.1, 0.15) is 5.56 Å². The zero-order valence-corrected chi connectivity index (χ0v) is 13.1. The summed E-state index contributed by atoms with van der Waals surface area (Å²) in [6.45, 7) is 0.152. The van der Waals surface area contributed by atoms with E-state index in [0.717, 1.165) is 0 Å². The second-order valence-electron chi connectivity index (χ2n) is 4.59. The molecule has 0 unspecified atom stereocenters. The number of methoxy groups -OCH3 is 1. The van der Waals surface area contributed by atoms with E-state index >= 15 is 0 Å². The number of primary sulfonamides is 1. The summed E-state index contributed by atoms with van der Waals surface area (Å²) in [6, 6.07) is 8.86. The van der Waals surface area contributed by atoms with Crippen molar-refractivity contribution in [3.05, 3.63) is 48.2 Å². The van der Waals surface area contributed by atoms with Crippen molar-refractivity contribution in [2.24, 2.45) is 5.14 Å². The van der Waals surface area contributed by atoms with Gasteiger partial charge in [0.2, 0.25) is 15.9 Å². The molecule has 0 atom stereocenters. The Kier molecular flexibility index (Phi) is 5.14. The van der Waals surface area contributed by atoms with Gasteiger partial charge in [-0.3, -0.25) is 0 Å². The number of hydrogen-bond acceptors (Lipinski definition) is 5.